The van der Waals surface area contributed by atoms with E-state index in [4.69, 9.17) is 28.4 Å². The zero-order valence-electron chi connectivity index (χ0n) is 17.1. The van der Waals surface area contributed by atoms with Crippen molar-refractivity contribution >= 4 is 0 Å². The summed E-state index contributed by atoms with van der Waals surface area (Å²) in [5.41, 5.74) is 2.01. The highest BCUT2D eigenvalue weighted by Gasteiger charge is 2.51. The molecule has 6 nitrogen and oxygen atoms in total. The lowest BCUT2D eigenvalue weighted by Gasteiger charge is -2.48. The first kappa shape index (κ1) is 21.2. The molecule has 2 aliphatic rings. The molecule has 2 aromatic carbocycles. The van der Waals surface area contributed by atoms with Crippen molar-refractivity contribution in [3.63, 3.8) is 0 Å². The van der Waals surface area contributed by atoms with E-state index in [-0.39, 0.29) is 12.2 Å². The van der Waals surface area contributed by atoms with Crippen LogP contribution in [0, 0.1) is 0 Å². The average Bonchev–Trinajstić information content (AvgIpc) is 2.82. The first-order valence-corrected chi connectivity index (χ1v) is 10.2. The summed E-state index contributed by atoms with van der Waals surface area (Å²) in [6.45, 7) is 4.94. The van der Waals surface area contributed by atoms with Gasteiger partial charge >= 0.3 is 0 Å². The molecule has 0 bridgehead atoms. The van der Waals surface area contributed by atoms with Crippen molar-refractivity contribution in [1.29, 1.82) is 0 Å². The Bertz CT molecular complexity index is 777. The van der Waals surface area contributed by atoms with E-state index in [1.165, 1.54) is 0 Å². The number of ether oxygens (including phenoxy) is 6. The van der Waals surface area contributed by atoms with Crippen LogP contribution in [0.5, 0.6) is 0 Å². The number of benzene rings is 2. The third kappa shape index (κ3) is 4.81. The van der Waals surface area contributed by atoms with Gasteiger partial charge in [0.05, 0.1) is 19.8 Å². The molecule has 0 spiro atoms. The second-order valence-electron chi connectivity index (χ2n) is 7.30. The predicted octanol–water partition coefficient (Wildman–Crippen LogP) is 3.63. The van der Waals surface area contributed by atoms with Gasteiger partial charge in [-0.25, -0.2) is 0 Å². The minimum absolute atomic E-state index is 0.318. The molecular formula is C24H28O6. The van der Waals surface area contributed by atoms with Crippen LogP contribution in [0.25, 0.3) is 0 Å². The smallest absolute Gasteiger partial charge is 0.186 e. The lowest BCUT2D eigenvalue weighted by Crippen LogP contribution is -2.63. The summed E-state index contributed by atoms with van der Waals surface area (Å²) in [6, 6.07) is 19.8. The van der Waals surface area contributed by atoms with Gasteiger partial charge in [-0.05, 0) is 5.56 Å². The van der Waals surface area contributed by atoms with E-state index < -0.39 is 24.8 Å². The van der Waals surface area contributed by atoms with Crippen molar-refractivity contribution in [2.24, 2.45) is 0 Å². The van der Waals surface area contributed by atoms with Gasteiger partial charge in [0.15, 0.2) is 12.6 Å². The molecule has 2 aliphatic heterocycles. The van der Waals surface area contributed by atoms with Crippen LogP contribution >= 0.6 is 0 Å². The number of hydrogen-bond acceptors (Lipinski definition) is 6. The van der Waals surface area contributed by atoms with Crippen LogP contribution in [0.2, 0.25) is 0 Å². The quantitative estimate of drug-likeness (QED) is 0.617. The van der Waals surface area contributed by atoms with Crippen LogP contribution in [0.3, 0.4) is 0 Å². The first-order valence-electron chi connectivity index (χ1n) is 10.2. The van der Waals surface area contributed by atoms with Gasteiger partial charge in [-0.3, -0.25) is 0 Å². The lowest BCUT2D eigenvalue weighted by molar-refractivity contribution is -0.367. The molecular weight excluding hydrogens is 384 g/mol. The van der Waals surface area contributed by atoms with E-state index in [0.717, 1.165) is 11.1 Å². The van der Waals surface area contributed by atoms with Gasteiger partial charge in [0.1, 0.15) is 24.4 Å². The maximum atomic E-state index is 6.32. The molecule has 0 aliphatic carbocycles. The number of methoxy groups -OCH3 is 1. The van der Waals surface area contributed by atoms with Crippen molar-refractivity contribution in [3.05, 3.63) is 84.4 Å². The van der Waals surface area contributed by atoms with Crippen molar-refractivity contribution in [3.8, 4) is 0 Å². The molecule has 1 unspecified atom stereocenters. The number of hydrogen-bond donors (Lipinski definition) is 0. The summed E-state index contributed by atoms with van der Waals surface area (Å²) in [7, 11) is 1.60. The molecule has 0 aromatic heterocycles. The Hall–Kier alpha value is -2.06. The van der Waals surface area contributed by atoms with Gasteiger partial charge < -0.3 is 28.4 Å². The number of fused-ring (bicyclic) bond motifs is 1. The summed E-state index contributed by atoms with van der Waals surface area (Å²) in [5.74, 6) is 0. The van der Waals surface area contributed by atoms with Gasteiger partial charge in [-0.2, -0.15) is 0 Å². The largest absolute Gasteiger partial charge is 0.368 e. The first-order chi connectivity index (χ1) is 14.8. The Balaban J connectivity index is 1.54. The lowest BCUT2D eigenvalue weighted by atomic mass is 9.97. The molecule has 4 rings (SSSR count). The molecule has 2 aromatic rings. The normalized spacial score (nSPS) is 31.1. The fourth-order valence-electron chi connectivity index (χ4n) is 3.83. The maximum Gasteiger partial charge on any atom is 0.186 e. The highest BCUT2D eigenvalue weighted by molar-refractivity contribution is 5.17. The van der Waals surface area contributed by atoms with E-state index in [0.29, 0.717) is 19.8 Å². The molecule has 2 saturated heterocycles. The van der Waals surface area contributed by atoms with Gasteiger partial charge in [-0.15, -0.1) is 6.58 Å². The van der Waals surface area contributed by atoms with Crippen molar-refractivity contribution in [1.82, 2.24) is 0 Å². The minimum Gasteiger partial charge on any atom is -0.368 e. The summed E-state index contributed by atoms with van der Waals surface area (Å²) >= 11 is 0. The van der Waals surface area contributed by atoms with Crippen LogP contribution < -0.4 is 0 Å². The van der Waals surface area contributed by atoms with Crippen LogP contribution in [-0.4, -0.2) is 51.0 Å². The third-order valence-corrected chi connectivity index (χ3v) is 5.28. The molecule has 30 heavy (non-hydrogen) atoms. The SMILES string of the molecule is C=CCO[C@H]1[C@H](OCc2ccccc2)[C@H](OC)O[C@@H]2COC(c3ccccc3)O[C@H]12. The van der Waals surface area contributed by atoms with Crippen LogP contribution in [0.15, 0.2) is 73.3 Å². The Morgan fingerprint density at radius 3 is 2.40 bits per heavy atom. The van der Waals surface area contributed by atoms with Crippen molar-refractivity contribution in [2.75, 3.05) is 20.3 Å². The van der Waals surface area contributed by atoms with Crippen molar-refractivity contribution in [2.45, 2.75) is 43.6 Å². The zero-order valence-corrected chi connectivity index (χ0v) is 17.1. The molecule has 2 fully saturated rings. The molecule has 0 saturated carbocycles. The molecule has 2 heterocycles. The van der Waals surface area contributed by atoms with E-state index in [2.05, 4.69) is 6.58 Å². The van der Waals surface area contributed by atoms with E-state index in [9.17, 15) is 0 Å². The topological polar surface area (TPSA) is 55.4 Å². The monoisotopic (exact) mass is 412 g/mol. The Kier molecular flexibility index (Phi) is 7.28. The number of rotatable bonds is 8. The fraction of sp³-hybridized carbons (Fsp3) is 0.417. The maximum absolute atomic E-state index is 6.32. The predicted molar refractivity (Wildman–Crippen MR) is 111 cm³/mol. The fourth-order valence-corrected chi connectivity index (χ4v) is 3.83. The standard InChI is InChI=1S/C24H28O6/c1-3-14-26-21-20-19(16-28-23(30-20)18-12-8-5-9-13-18)29-24(25-2)22(21)27-15-17-10-6-4-7-11-17/h3-13,19-24H,1,14-16H2,2H3/t19-,20+,21-,22+,23?,24-/m1/s1. The van der Waals surface area contributed by atoms with Crippen LogP contribution in [-0.2, 0) is 35.0 Å². The molecule has 160 valence electrons. The highest BCUT2D eigenvalue weighted by Crippen LogP contribution is 2.36. The molecule has 0 radical (unpaired) electrons. The summed E-state index contributed by atoms with van der Waals surface area (Å²) in [5, 5.41) is 0. The molecule has 0 N–H and O–H groups in total. The Morgan fingerprint density at radius 1 is 0.967 bits per heavy atom. The van der Waals surface area contributed by atoms with Gasteiger partial charge in [0, 0.05) is 12.7 Å². The van der Waals surface area contributed by atoms with Crippen LogP contribution in [0.1, 0.15) is 17.4 Å². The molecule has 0 amide bonds. The zero-order chi connectivity index (χ0) is 20.8. The molecule has 6 atom stereocenters. The van der Waals surface area contributed by atoms with Gasteiger partial charge in [-0.1, -0.05) is 66.7 Å². The van der Waals surface area contributed by atoms with E-state index in [1.807, 2.05) is 60.7 Å². The summed E-state index contributed by atoms with van der Waals surface area (Å²) in [4.78, 5) is 0. The van der Waals surface area contributed by atoms with Crippen LogP contribution in [0.4, 0.5) is 0 Å². The molecule has 6 heteroatoms. The van der Waals surface area contributed by atoms with E-state index in [1.54, 1.807) is 13.2 Å². The highest BCUT2D eigenvalue weighted by atomic mass is 16.8. The summed E-state index contributed by atoms with van der Waals surface area (Å²) < 4.78 is 36.4. The van der Waals surface area contributed by atoms with E-state index >= 15 is 0 Å². The van der Waals surface area contributed by atoms with Crippen molar-refractivity contribution < 1.29 is 28.4 Å². The second kappa shape index (κ2) is 10.3. The minimum atomic E-state index is -0.592. The second-order valence-corrected chi connectivity index (χ2v) is 7.30. The average molecular weight is 412 g/mol. The van der Waals surface area contributed by atoms with Gasteiger partial charge in [0.2, 0.25) is 0 Å². The summed E-state index contributed by atoms with van der Waals surface area (Å²) in [6.07, 6.45) is -0.909. The Labute approximate surface area is 177 Å². The Morgan fingerprint density at radius 2 is 1.70 bits per heavy atom. The third-order valence-electron chi connectivity index (χ3n) is 5.28. The van der Waals surface area contributed by atoms with Gasteiger partial charge in [0.25, 0.3) is 0 Å².